The fourth-order valence-corrected chi connectivity index (χ4v) is 4.13. The van der Waals surface area contributed by atoms with Gasteiger partial charge < -0.3 is 11.5 Å². The van der Waals surface area contributed by atoms with E-state index in [2.05, 4.69) is 91.0 Å². The van der Waals surface area contributed by atoms with Gasteiger partial charge in [0.1, 0.15) is 0 Å². The third-order valence-electron chi connectivity index (χ3n) is 5.79. The molecule has 32 heavy (non-hydrogen) atoms. The molecule has 0 atom stereocenters. The highest BCUT2D eigenvalue weighted by atomic mass is 14.6. The van der Waals surface area contributed by atoms with Crippen molar-refractivity contribution in [1.82, 2.24) is 0 Å². The molecule has 0 aliphatic carbocycles. The predicted octanol–water partition coefficient (Wildman–Crippen LogP) is 7.52. The number of benzene rings is 5. The van der Waals surface area contributed by atoms with Crippen LogP contribution in [0.15, 0.2) is 121 Å². The largest absolute Gasteiger partial charge is 0.399 e. The molecule has 5 rings (SSSR count). The Labute approximate surface area is 188 Å². The number of nitrogen functional groups attached to an aromatic ring is 2. The van der Waals surface area contributed by atoms with Gasteiger partial charge in [0.25, 0.3) is 0 Å². The lowest BCUT2D eigenvalue weighted by Gasteiger charge is -2.15. The Kier molecular flexibility index (Phi) is 5.19. The summed E-state index contributed by atoms with van der Waals surface area (Å²) in [5, 5.41) is 0. The molecule has 5 aromatic carbocycles. The van der Waals surface area contributed by atoms with Crippen molar-refractivity contribution >= 4 is 11.4 Å². The number of nitrogens with two attached hydrogens (primary N) is 2. The fourth-order valence-electron chi connectivity index (χ4n) is 4.13. The molecule has 0 spiro atoms. The molecule has 0 radical (unpaired) electrons. The maximum atomic E-state index is 6.49. The second-order valence-electron chi connectivity index (χ2n) is 7.92. The summed E-state index contributed by atoms with van der Waals surface area (Å²) in [6, 6.07) is 41.7. The molecule has 0 heterocycles. The molecular formula is C30H24N2. The Bertz CT molecular complexity index is 1350. The quantitative estimate of drug-likeness (QED) is 0.300. The van der Waals surface area contributed by atoms with E-state index in [1.807, 2.05) is 30.3 Å². The topological polar surface area (TPSA) is 52.0 Å². The molecule has 0 bridgehead atoms. The highest BCUT2D eigenvalue weighted by Gasteiger charge is 2.12. The predicted molar refractivity (Wildman–Crippen MR) is 137 cm³/mol. The van der Waals surface area contributed by atoms with Crippen molar-refractivity contribution in [2.75, 3.05) is 11.5 Å². The number of anilines is 2. The minimum absolute atomic E-state index is 0.766. The van der Waals surface area contributed by atoms with Gasteiger partial charge in [-0.15, -0.1) is 0 Å². The Morgan fingerprint density at radius 1 is 0.375 bits per heavy atom. The average Bonchev–Trinajstić information content (AvgIpc) is 2.85. The third-order valence-corrected chi connectivity index (χ3v) is 5.79. The minimum atomic E-state index is 0.766. The first kappa shape index (κ1) is 19.7. The van der Waals surface area contributed by atoms with Crippen LogP contribution in [0.4, 0.5) is 11.4 Å². The molecule has 2 heteroatoms. The summed E-state index contributed by atoms with van der Waals surface area (Å²) in [6.45, 7) is 0. The third kappa shape index (κ3) is 3.86. The van der Waals surface area contributed by atoms with Crippen LogP contribution in [-0.4, -0.2) is 0 Å². The summed E-state index contributed by atoms with van der Waals surface area (Å²) in [5.41, 5.74) is 23.0. The first-order valence-corrected chi connectivity index (χ1v) is 10.7. The molecule has 0 aliphatic rings. The summed E-state index contributed by atoms with van der Waals surface area (Å²) in [7, 11) is 0. The summed E-state index contributed by atoms with van der Waals surface area (Å²) in [4.78, 5) is 0. The number of hydrogen-bond acceptors (Lipinski definition) is 2. The van der Waals surface area contributed by atoms with E-state index in [1.54, 1.807) is 0 Å². The van der Waals surface area contributed by atoms with Crippen molar-refractivity contribution in [3.63, 3.8) is 0 Å². The van der Waals surface area contributed by atoms with Gasteiger partial charge in [-0.2, -0.15) is 0 Å². The van der Waals surface area contributed by atoms with Crippen LogP contribution in [-0.2, 0) is 0 Å². The second-order valence-corrected chi connectivity index (χ2v) is 7.92. The zero-order chi connectivity index (χ0) is 21.9. The Morgan fingerprint density at radius 3 is 1.66 bits per heavy atom. The van der Waals surface area contributed by atoms with Crippen molar-refractivity contribution in [3.05, 3.63) is 121 Å². The van der Waals surface area contributed by atoms with E-state index >= 15 is 0 Å². The number of rotatable bonds is 4. The summed E-state index contributed by atoms with van der Waals surface area (Å²) in [6.07, 6.45) is 0. The van der Waals surface area contributed by atoms with Crippen molar-refractivity contribution < 1.29 is 0 Å². The van der Waals surface area contributed by atoms with Gasteiger partial charge in [0.15, 0.2) is 0 Å². The van der Waals surface area contributed by atoms with Crippen molar-refractivity contribution in [3.8, 4) is 44.5 Å². The van der Waals surface area contributed by atoms with Crippen LogP contribution in [0, 0.1) is 0 Å². The van der Waals surface area contributed by atoms with E-state index in [9.17, 15) is 0 Å². The SMILES string of the molecule is Nc1ccc(-c2cccc(-c3cccc(N)c3-c3ccc(-c4ccccc4)cc3)c2)cc1. The van der Waals surface area contributed by atoms with Gasteiger partial charge in [0, 0.05) is 16.9 Å². The van der Waals surface area contributed by atoms with Crippen LogP contribution < -0.4 is 11.5 Å². The second kappa shape index (κ2) is 8.44. The van der Waals surface area contributed by atoms with Crippen LogP contribution in [0.1, 0.15) is 0 Å². The Hall–Kier alpha value is -4.30. The van der Waals surface area contributed by atoms with Crippen LogP contribution >= 0.6 is 0 Å². The smallest absolute Gasteiger partial charge is 0.0400 e. The van der Waals surface area contributed by atoms with E-state index in [4.69, 9.17) is 11.5 Å². The first-order valence-electron chi connectivity index (χ1n) is 10.7. The van der Waals surface area contributed by atoms with Gasteiger partial charge >= 0.3 is 0 Å². The molecular weight excluding hydrogens is 388 g/mol. The summed E-state index contributed by atoms with van der Waals surface area (Å²) >= 11 is 0. The molecule has 0 saturated heterocycles. The first-order chi connectivity index (χ1) is 15.7. The fraction of sp³-hybridized carbons (Fsp3) is 0. The van der Waals surface area contributed by atoms with E-state index in [1.165, 1.54) is 11.1 Å². The summed E-state index contributed by atoms with van der Waals surface area (Å²) < 4.78 is 0. The molecule has 4 N–H and O–H groups in total. The average molecular weight is 413 g/mol. The number of hydrogen-bond donors (Lipinski definition) is 2. The van der Waals surface area contributed by atoms with E-state index in [0.717, 1.165) is 44.8 Å². The van der Waals surface area contributed by atoms with Gasteiger partial charge in [-0.05, 0) is 63.2 Å². The van der Waals surface area contributed by atoms with Crippen LogP contribution in [0.25, 0.3) is 44.5 Å². The summed E-state index contributed by atoms with van der Waals surface area (Å²) in [5.74, 6) is 0. The van der Waals surface area contributed by atoms with Crippen LogP contribution in [0.3, 0.4) is 0 Å². The Balaban J connectivity index is 1.57. The lowest BCUT2D eigenvalue weighted by molar-refractivity contribution is 1.56. The van der Waals surface area contributed by atoms with Crippen molar-refractivity contribution in [1.29, 1.82) is 0 Å². The molecule has 0 fully saturated rings. The van der Waals surface area contributed by atoms with Gasteiger partial charge in [-0.3, -0.25) is 0 Å². The maximum absolute atomic E-state index is 6.49. The van der Waals surface area contributed by atoms with E-state index in [-0.39, 0.29) is 0 Å². The molecule has 0 aliphatic heterocycles. The molecule has 2 nitrogen and oxygen atoms in total. The monoisotopic (exact) mass is 412 g/mol. The van der Waals surface area contributed by atoms with Gasteiger partial charge in [-0.1, -0.05) is 97.1 Å². The lowest BCUT2D eigenvalue weighted by atomic mass is 9.90. The molecule has 0 aromatic heterocycles. The maximum Gasteiger partial charge on any atom is 0.0400 e. The lowest BCUT2D eigenvalue weighted by Crippen LogP contribution is -1.94. The van der Waals surface area contributed by atoms with E-state index in [0.29, 0.717) is 0 Å². The standard InChI is InChI=1S/C30H24N2/c31-27-18-16-23(17-19-27)25-8-4-9-26(20-25)28-10-5-11-29(32)30(28)24-14-12-22(13-15-24)21-6-2-1-3-7-21/h1-20H,31-32H2. The normalized spacial score (nSPS) is 10.8. The highest BCUT2D eigenvalue weighted by Crippen LogP contribution is 2.38. The van der Waals surface area contributed by atoms with Crippen molar-refractivity contribution in [2.45, 2.75) is 0 Å². The highest BCUT2D eigenvalue weighted by molar-refractivity contribution is 5.92. The zero-order valence-electron chi connectivity index (χ0n) is 17.7. The zero-order valence-corrected chi connectivity index (χ0v) is 17.7. The van der Waals surface area contributed by atoms with Crippen LogP contribution in [0.2, 0.25) is 0 Å². The molecule has 0 saturated carbocycles. The van der Waals surface area contributed by atoms with Crippen LogP contribution in [0.5, 0.6) is 0 Å². The molecule has 0 amide bonds. The minimum Gasteiger partial charge on any atom is -0.399 e. The van der Waals surface area contributed by atoms with Gasteiger partial charge in [0.05, 0.1) is 0 Å². The Morgan fingerprint density at radius 2 is 0.906 bits per heavy atom. The van der Waals surface area contributed by atoms with Gasteiger partial charge in [0.2, 0.25) is 0 Å². The molecule has 154 valence electrons. The van der Waals surface area contributed by atoms with E-state index < -0.39 is 0 Å². The molecule has 5 aromatic rings. The van der Waals surface area contributed by atoms with Crippen molar-refractivity contribution in [2.24, 2.45) is 0 Å². The van der Waals surface area contributed by atoms with Gasteiger partial charge in [-0.25, -0.2) is 0 Å². The molecule has 0 unspecified atom stereocenters.